The fourth-order valence-electron chi connectivity index (χ4n) is 1.43. The van der Waals surface area contributed by atoms with Crippen molar-refractivity contribution < 1.29 is 14.6 Å². The summed E-state index contributed by atoms with van der Waals surface area (Å²) in [5, 5.41) is 9.48. The molecule has 0 saturated heterocycles. The third kappa shape index (κ3) is 1.09. The standard InChI is InChI=1S/C11H10O3/c1-6(2)11-10(13)9-7(12)4-3-5-8(9)14-11/h3-5,12H,1-2H3. The van der Waals surface area contributed by atoms with Crippen LogP contribution in [0.5, 0.6) is 11.5 Å². The molecule has 0 aromatic heterocycles. The fraction of sp³-hybridized carbons (Fsp3) is 0.182. The smallest absolute Gasteiger partial charge is 0.235 e. The molecular weight excluding hydrogens is 180 g/mol. The number of phenolic OH excluding ortho intramolecular Hbond substituents is 1. The maximum Gasteiger partial charge on any atom is 0.235 e. The molecule has 1 aliphatic heterocycles. The van der Waals surface area contributed by atoms with Crippen LogP contribution < -0.4 is 4.74 Å². The normalized spacial score (nSPS) is 13.9. The van der Waals surface area contributed by atoms with Gasteiger partial charge in [0.15, 0.2) is 5.76 Å². The number of carbonyl (C=O) groups is 1. The highest BCUT2D eigenvalue weighted by molar-refractivity contribution is 6.14. The Labute approximate surface area is 81.6 Å². The Bertz CT molecular complexity index is 440. The van der Waals surface area contributed by atoms with Crippen LogP contribution in [0.15, 0.2) is 29.5 Å². The summed E-state index contributed by atoms with van der Waals surface area (Å²) < 4.78 is 5.33. The predicted molar refractivity (Wildman–Crippen MR) is 51.4 cm³/mol. The van der Waals surface area contributed by atoms with Crippen molar-refractivity contribution in [2.24, 2.45) is 0 Å². The molecule has 3 heteroatoms. The largest absolute Gasteiger partial charge is 0.507 e. The lowest BCUT2D eigenvalue weighted by atomic mass is 10.1. The van der Waals surface area contributed by atoms with Crippen LogP contribution in [0.25, 0.3) is 0 Å². The van der Waals surface area contributed by atoms with Gasteiger partial charge in [-0.25, -0.2) is 0 Å². The number of benzene rings is 1. The van der Waals surface area contributed by atoms with Crippen LogP contribution in [-0.2, 0) is 0 Å². The van der Waals surface area contributed by atoms with Crippen LogP contribution in [0.4, 0.5) is 0 Å². The second kappa shape index (κ2) is 2.87. The maximum atomic E-state index is 11.7. The van der Waals surface area contributed by atoms with Crippen molar-refractivity contribution in [3.8, 4) is 11.5 Å². The van der Waals surface area contributed by atoms with Crippen LogP contribution in [-0.4, -0.2) is 10.9 Å². The highest BCUT2D eigenvalue weighted by Crippen LogP contribution is 2.37. The number of allylic oxidation sites excluding steroid dienone is 2. The summed E-state index contributed by atoms with van der Waals surface area (Å²) >= 11 is 0. The summed E-state index contributed by atoms with van der Waals surface area (Å²) in [5.74, 6) is 0.495. The summed E-state index contributed by atoms with van der Waals surface area (Å²) in [6.07, 6.45) is 0. The van der Waals surface area contributed by atoms with Crippen molar-refractivity contribution in [3.05, 3.63) is 35.1 Å². The van der Waals surface area contributed by atoms with E-state index >= 15 is 0 Å². The van der Waals surface area contributed by atoms with Crippen LogP contribution >= 0.6 is 0 Å². The SMILES string of the molecule is CC(C)=C1Oc2cccc(O)c2C1=O. The molecule has 0 spiro atoms. The van der Waals surface area contributed by atoms with Crippen LogP contribution in [0.1, 0.15) is 24.2 Å². The molecule has 1 N–H and O–H groups in total. The van der Waals surface area contributed by atoms with E-state index in [-0.39, 0.29) is 17.1 Å². The lowest BCUT2D eigenvalue weighted by Crippen LogP contribution is -2.00. The van der Waals surface area contributed by atoms with Crippen molar-refractivity contribution in [3.63, 3.8) is 0 Å². The Morgan fingerprint density at radius 1 is 1.36 bits per heavy atom. The summed E-state index contributed by atoms with van der Waals surface area (Å²) in [7, 11) is 0. The minimum absolute atomic E-state index is 0.0243. The fourth-order valence-corrected chi connectivity index (χ4v) is 1.43. The number of carbonyl (C=O) groups excluding carboxylic acids is 1. The van der Waals surface area contributed by atoms with E-state index in [1.807, 2.05) is 0 Å². The zero-order valence-corrected chi connectivity index (χ0v) is 8.00. The molecular formula is C11H10O3. The third-order valence-corrected chi connectivity index (χ3v) is 2.10. The molecule has 0 amide bonds. The van der Waals surface area contributed by atoms with E-state index < -0.39 is 0 Å². The second-order valence-corrected chi connectivity index (χ2v) is 3.41. The minimum atomic E-state index is -0.238. The molecule has 0 saturated carbocycles. The maximum absolute atomic E-state index is 11.7. The number of phenols is 1. The second-order valence-electron chi connectivity index (χ2n) is 3.41. The van der Waals surface area contributed by atoms with Gasteiger partial charge in [0.2, 0.25) is 5.78 Å². The zero-order valence-electron chi connectivity index (χ0n) is 8.00. The van der Waals surface area contributed by atoms with Gasteiger partial charge in [0.25, 0.3) is 0 Å². The first-order valence-corrected chi connectivity index (χ1v) is 4.33. The molecule has 1 aromatic rings. The molecule has 1 heterocycles. The van der Waals surface area contributed by atoms with E-state index in [4.69, 9.17) is 4.74 Å². The number of hydrogen-bond donors (Lipinski definition) is 1. The molecule has 0 unspecified atom stereocenters. The Balaban J connectivity index is 2.63. The van der Waals surface area contributed by atoms with Gasteiger partial charge in [0.05, 0.1) is 0 Å². The Kier molecular flexibility index (Phi) is 1.81. The molecule has 0 radical (unpaired) electrons. The minimum Gasteiger partial charge on any atom is -0.507 e. The quantitative estimate of drug-likeness (QED) is 0.638. The van der Waals surface area contributed by atoms with E-state index in [1.54, 1.807) is 26.0 Å². The van der Waals surface area contributed by atoms with E-state index in [9.17, 15) is 9.90 Å². The lowest BCUT2D eigenvalue weighted by Gasteiger charge is -1.98. The van der Waals surface area contributed by atoms with Crippen molar-refractivity contribution in [1.29, 1.82) is 0 Å². The first-order valence-electron chi connectivity index (χ1n) is 4.33. The molecule has 0 fully saturated rings. The van der Waals surface area contributed by atoms with Gasteiger partial charge in [0.1, 0.15) is 17.1 Å². The van der Waals surface area contributed by atoms with Gasteiger partial charge in [-0.1, -0.05) is 6.07 Å². The van der Waals surface area contributed by atoms with Crippen molar-refractivity contribution in [2.75, 3.05) is 0 Å². The highest BCUT2D eigenvalue weighted by atomic mass is 16.5. The summed E-state index contributed by atoms with van der Waals surface area (Å²) in [6, 6.07) is 4.80. The van der Waals surface area contributed by atoms with Gasteiger partial charge in [-0.2, -0.15) is 0 Å². The number of ketones is 1. The molecule has 2 rings (SSSR count). The number of rotatable bonds is 0. The molecule has 14 heavy (non-hydrogen) atoms. The molecule has 0 bridgehead atoms. The molecule has 1 aromatic carbocycles. The van der Waals surface area contributed by atoms with E-state index in [0.29, 0.717) is 11.5 Å². The molecule has 72 valence electrons. The first-order chi connectivity index (χ1) is 6.61. The average molecular weight is 190 g/mol. The van der Waals surface area contributed by atoms with Crippen LogP contribution in [0, 0.1) is 0 Å². The summed E-state index contributed by atoms with van der Waals surface area (Å²) in [4.78, 5) is 11.7. The van der Waals surface area contributed by atoms with Gasteiger partial charge >= 0.3 is 0 Å². The van der Waals surface area contributed by atoms with Crippen LogP contribution in [0.3, 0.4) is 0 Å². The monoisotopic (exact) mass is 190 g/mol. The highest BCUT2D eigenvalue weighted by Gasteiger charge is 2.30. The average Bonchev–Trinajstić information content (AvgIpc) is 2.45. The van der Waals surface area contributed by atoms with E-state index in [0.717, 1.165) is 5.57 Å². The molecule has 0 atom stereocenters. The number of aromatic hydroxyl groups is 1. The lowest BCUT2D eigenvalue weighted by molar-refractivity contribution is 0.101. The number of Topliss-reactive ketones (excluding diaryl/α,β-unsaturated/α-hetero) is 1. The van der Waals surface area contributed by atoms with Gasteiger partial charge in [-0.3, -0.25) is 4.79 Å². The first kappa shape index (κ1) is 8.81. The van der Waals surface area contributed by atoms with Crippen molar-refractivity contribution >= 4 is 5.78 Å². The van der Waals surface area contributed by atoms with Gasteiger partial charge in [0, 0.05) is 0 Å². The van der Waals surface area contributed by atoms with Gasteiger partial charge < -0.3 is 9.84 Å². The Morgan fingerprint density at radius 2 is 2.07 bits per heavy atom. The topological polar surface area (TPSA) is 46.5 Å². The number of hydrogen-bond acceptors (Lipinski definition) is 3. The third-order valence-electron chi connectivity index (χ3n) is 2.10. The Morgan fingerprint density at radius 3 is 2.64 bits per heavy atom. The van der Waals surface area contributed by atoms with Crippen molar-refractivity contribution in [1.82, 2.24) is 0 Å². The van der Waals surface area contributed by atoms with Crippen molar-refractivity contribution in [2.45, 2.75) is 13.8 Å². The zero-order chi connectivity index (χ0) is 10.3. The van der Waals surface area contributed by atoms with E-state index in [2.05, 4.69) is 0 Å². The number of fused-ring (bicyclic) bond motifs is 1. The molecule has 1 aliphatic rings. The Hall–Kier alpha value is -1.77. The summed E-state index contributed by atoms with van der Waals surface area (Å²) in [5.41, 5.74) is 1.08. The van der Waals surface area contributed by atoms with Gasteiger partial charge in [-0.05, 0) is 31.6 Å². The molecule has 0 aliphatic carbocycles. The van der Waals surface area contributed by atoms with Crippen LogP contribution in [0.2, 0.25) is 0 Å². The molecule has 3 nitrogen and oxygen atoms in total. The summed E-state index contributed by atoms with van der Waals surface area (Å²) in [6.45, 7) is 3.60. The van der Waals surface area contributed by atoms with Gasteiger partial charge in [-0.15, -0.1) is 0 Å². The number of ether oxygens (including phenoxy) is 1. The predicted octanol–water partition coefficient (Wildman–Crippen LogP) is 2.26. The van der Waals surface area contributed by atoms with E-state index in [1.165, 1.54) is 6.07 Å².